The lowest BCUT2D eigenvalue weighted by Gasteiger charge is -2.16. The van der Waals surface area contributed by atoms with Gasteiger partial charge in [0.2, 0.25) is 0 Å². The summed E-state index contributed by atoms with van der Waals surface area (Å²) in [6.45, 7) is 0. The molecular weight excluding hydrogens is 799 g/mol. The normalized spacial score (nSPS) is 11.6. The molecule has 0 spiro atoms. The third-order valence-corrected chi connectivity index (χ3v) is 13.2. The predicted octanol–water partition coefficient (Wildman–Crippen LogP) is 16.8. The quantitative estimate of drug-likeness (QED) is 0.157. The summed E-state index contributed by atoms with van der Waals surface area (Å²) in [5.41, 5.74) is 12.5. The number of pyridine rings is 1. The minimum absolute atomic E-state index is 0.700. The molecule has 306 valence electrons. The van der Waals surface area contributed by atoms with Crippen LogP contribution in [0, 0.1) is 0 Å². The van der Waals surface area contributed by atoms with Crippen molar-refractivity contribution in [1.29, 1.82) is 0 Å². The standard InChI is InChI=1S/C63H39N3/c1-4-15-45-35-50(31-26-40(45)12-1)60-39-59(65-63(66-60)52-33-28-42-14-3-6-17-47(42)37-52)49-19-11-18-48(34-49)43-24-29-44(30-25-43)56-38-57-61(54-21-8-7-20-53(54)56)55-22-9-10-23-58(55)64-62(57)51-32-27-41-13-2-5-16-46(41)36-51/h1-39H. The van der Waals surface area contributed by atoms with Crippen LogP contribution in [-0.2, 0) is 0 Å². The number of rotatable bonds is 6. The number of para-hydroxylation sites is 1. The van der Waals surface area contributed by atoms with Crippen LogP contribution in [0.1, 0.15) is 0 Å². The van der Waals surface area contributed by atoms with Gasteiger partial charge in [-0.3, -0.25) is 0 Å². The Kier molecular flexibility index (Phi) is 8.85. The largest absolute Gasteiger partial charge is 0.247 e. The Labute approximate surface area is 382 Å². The Balaban J connectivity index is 0.922. The second-order valence-electron chi connectivity index (χ2n) is 17.2. The molecule has 0 aliphatic carbocycles. The van der Waals surface area contributed by atoms with Crippen LogP contribution in [0.25, 0.3) is 132 Å². The van der Waals surface area contributed by atoms with E-state index in [2.05, 4.69) is 237 Å². The van der Waals surface area contributed by atoms with Gasteiger partial charge in [0, 0.05) is 38.4 Å². The van der Waals surface area contributed by atoms with Crippen LogP contribution >= 0.6 is 0 Å². The number of benzene rings is 11. The van der Waals surface area contributed by atoms with E-state index in [4.69, 9.17) is 15.0 Å². The van der Waals surface area contributed by atoms with Crippen molar-refractivity contribution in [3.05, 3.63) is 237 Å². The minimum Gasteiger partial charge on any atom is -0.247 e. The molecule has 0 saturated carbocycles. The van der Waals surface area contributed by atoms with E-state index in [1.165, 1.54) is 48.7 Å². The van der Waals surface area contributed by atoms with Crippen molar-refractivity contribution in [2.24, 2.45) is 0 Å². The first-order valence-corrected chi connectivity index (χ1v) is 22.5. The van der Waals surface area contributed by atoms with Gasteiger partial charge in [0.05, 0.1) is 22.6 Å². The van der Waals surface area contributed by atoms with Crippen LogP contribution in [-0.4, -0.2) is 15.0 Å². The number of nitrogens with zero attached hydrogens (tertiary/aromatic N) is 3. The molecule has 66 heavy (non-hydrogen) atoms. The van der Waals surface area contributed by atoms with E-state index in [9.17, 15) is 0 Å². The van der Waals surface area contributed by atoms with Crippen LogP contribution in [0.15, 0.2) is 237 Å². The van der Waals surface area contributed by atoms with Gasteiger partial charge in [0.25, 0.3) is 0 Å². The highest BCUT2D eigenvalue weighted by atomic mass is 14.9. The lowest BCUT2D eigenvalue weighted by Crippen LogP contribution is -1.96. The van der Waals surface area contributed by atoms with E-state index in [0.717, 1.165) is 77.7 Å². The molecule has 0 atom stereocenters. The third-order valence-electron chi connectivity index (χ3n) is 13.2. The van der Waals surface area contributed by atoms with E-state index in [1.807, 2.05) is 0 Å². The van der Waals surface area contributed by atoms with Crippen LogP contribution in [0.4, 0.5) is 0 Å². The lowest BCUT2D eigenvalue weighted by atomic mass is 9.89. The maximum absolute atomic E-state index is 5.37. The van der Waals surface area contributed by atoms with Crippen LogP contribution in [0.3, 0.4) is 0 Å². The summed E-state index contributed by atoms with van der Waals surface area (Å²) in [7, 11) is 0. The fraction of sp³-hybridized carbons (Fsp3) is 0. The molecule has 0 fully saturated rings. The first kappa shape index (κ1) is 37.7. The summed E-state index contributed by atoms with van der Waals surface area (Å²) < 4.78 is 0. The van der Waals surface area contributed by atoms with Crippen molar-refractivity contribution in [3.63, 3.8) is 0 Å². The molecule has 0 radical (unpaired) electrons. The van der Waals surface area contributed by atoms with E-state index in [-0.39, 0.29) is 0 Å². The molecular formula is C63H39N3. The maximum Gasteiger partial charge on any atom is 0.160 e. The van der Waals surface area contributed by atoms with Crippen molar-refractivity contribution in [2.45, 2.75) is 0 Å². The summed E-state index contributed by atoms with van der Waals surface area (Å²) >= 11 is 0. The van der Waals surface area contributed by atoms with Gasteiger partial charge in [0.15, 0.2) is 5.82 Å². The van der Waals surface area contributed by atoms with Gasteiger partial charge in [-0.1, -0.05) is 194 Å². The van der Waals surface area contributed by atoms with E-state index >= 15 is 0 Å². The lowest BCUT2D eigenvalue weighted by molar-refractivity contribution is 1.18. The molecule has 13 rings (SSSR count). The average molecular weight is 838 g/mol. The molecule has 2 heterocycles. The topological polar surface area (TPSA) is 38.7 Å². The van der Waals surface area contributed by atoms with Crippen molar-refractivity contribution in [2.75, 3.05) is 0 Å². The second kappa shape index (κ2) is 15.5. The second-order valence-corrected chi connectivity index (χ2v) is 17.2. The highest BCUT2D eigenvalue weighted by Crippen LogP contribution is 2.43. The van der Waals surface area contributed by atoms with E-state index < -0.39 is 0 Å². The van der Waals surface area contributed by atoms with Crippen LogP contribution in [0.2, 0.25) is 0 Å². The van der Waals surface area contributed by atoms with Crippen molar-refractivity contribution >= 4 is 64.8 Å². The molecule has 0 bridgehead atoms. The van der Waals surface area contributed by atoms with Crippen molar-refractivity contribution in [1.82, 2.24) is 15.0 Å². The van der Waals surface area contributed by atoms with Gasteiger partial charge < -0.3 is 0 Å². The fourth-order valence-corrected chi connectivity index (χ4v) is 9.86. The molecule has 0 aliphatic rings. The molecule has 0 aliphatic heterocycles. The fourth-order valence-electron chi connectivity index (χ4n) is 9.86. The molecule has 3 heteroatoms. The predicted molar refractivity (Wildman–Crippen MR) is 277 cm³/mol. The van der Waals surface area contributed by atoms with Crippen LogP contribution in [0.5, 0.6) is 0 Å². The van der Waals surface area contributed by atoms with Crippen LogP contribution < -0.4 is 0 Å². The Hall–Kier alpha value is -8.79. The van der Waals surface area contributed by atoms with Gasteiger partial charge in [-0.25, -0.2) is 15.0 Å². The molecule has 0 amide bonds. The first-order chi connectivity index (χ1) is 32.7. The molecule has 11 aromatic carbocycles. The zero-order valence-electron chi connectivity index (χ0n) is 35.9. The molecule has 0 N–H and O–H groups in total. The molecule has 2 aromatic heterocycles. The molecule has 13 aromatic rings. The zero-order chi connectivity index (χ0) is 43.6. The Bertz CT molecular complexity index is 3960. The first-order valence-electron chi connectivity index (χ1n) is 22.5. The average Bonchev–Trinajstić information content (AvgIpc) is 3.39. The Morgan fingerprint density at radius 1 is 0.242 bits per heavy atom. The minimum atomic E-state index is 0.700. The summed E-state index contributed by atoms with van der Waals surface area (Å²) in [6, 6.07) is 84.8. The Morgan fingerprint density at radius 3 is 1.41 bits per heavy atom. The summed E-state index contributed by atoms with van der Waals surface area (Å²) in [4.78, 5) is 15.8. The van der Waals surface area contributed by atoms with E-state index in [0.29, 0.717) is 5.82 Å². The zero-order valence-corrected chi connectivity index (χ0v) is 35.9. The smallest absolute Gasteiger partial charge is 0.160 e. The highest BCUT2D eigenvalue weighted by molar-refractivity contribution is 6.25. The van der Waals surface area contributed by atoms with Gasteiger partial charge in [-0.05, 0) is 108 Å². The number of hydrogen-bond acceptors (Lipinski definition) is 3. The summed E-state index contributed by atoms with van der Waals surface area (Å²) in [6.07, 6.45) is 0. The molecule has 0 saturated heterocycles. The maximum atomic E-state index is 5.37. The number of hydrogen-bond donors (Lipinski definition) is 0. The van der Waals surface area contributed by atoms with Gasteiger partial charge in [-0.15, -0.1) is 0 Å². The Morgan fingerprint density at radius 2 is 0.727 bits per heavy atom. The molecule has 0 unspecified atom stereocenters. The monoisotopic (exact) mass is 837 g/mol. The van der Waals surface area contributed by atoms with Gasteiger partial charge >= 0.3 is 0 Å². The van der Waals surface area contributed by atoms with E-state index in [1.54, 1.807) is 0 Å². The third kappa shape index (κ3) is 6.56. The highest BCUT2D eigenvalue weighted by Gasteiger charge is 2.18. The molecule has 3 nitrogen and oxygen atoms in total. The van der Waals surface area contributed by atoms with Gasteiger partial charge in [-0.2, -0.15) is 0 Å². The summed E-state index contributed by atoms with van der Waals surface area (Å²) in [5.74, 6) is 0.700. The summed E-state index contributed by atoms with van der Waals surface area (Å²) in [5, 5.41) is 13.1. The van der Waals surface area contributed by atoms with Crippen molar-refractivity contribution in [3.8, 4) is 67.4 Å². The SMILES string of the molecule is c1cc(-c2ccc(-c3cc4c(-c5ccc6ccccc6c5)nc5ccccc5c4c4ccccc34)cc2)cc(-c2cc(-c3ccc4ccccc4c3)nc(-c3ccc4ccccc4c3)n2)c1. The number of aromatic nitrogens is 3. The number of fused-ring (bicyclic) bond motifs is 8. The van der Waals surface area contributed by atoms with Crippen molar-refractivity contribution < 1.29 is 0 Å². The van der Waals surface area contributed by atoms with Gasteiger partial charge in [0.1, 0.15) is 0 Å².